The van der Waals surface area contributed by atoms with E-state index in [1.165, 1.54) is 16.7 Å². The summed E-state index contributed by atoms with van der Waals surface area (Å²) in [6.07, 6.45) is 4.14. The SMILES string of the molecule is Cc1ccc(C)c(CN2CCC(Nc3ccnc(N4CCOCC4)n3)CC2)c1. The molecule has 0 unspecified atom stereocenters. The zero-order valence-corrected chi connectivity index (χ0v) is 17.0. The van der Waals surface area contributed by atoms with Crippen molar-refractivity contribution in [2.75, 3.05) is 49.6 Å². The largest absolute Gasteiger partial charge is 0.378 e. The predicted molar refractivity (Wildman–Crippen MR) is 113 cm³/mol. The van der Waals surface area contributed by atoms with Crippen LogP contribution in [0.4, 0.5) is 11.8 Å². The van der Waals surface area contributed by atoms with Gasteiger partial charge in [-0.15, -0.1) is 0 Å². The van der Waals surface area contributed by atoms with E-state index in [9.17, 15) is 0 Å². The standard InChI is InChI=1S/C22H31N5O/c1-17-3-4-18(2)19(15-17)16-26-9-6-20(7-10-26)24-21-5-8-23-22(25-21)27-11-13-28-14-12-27/h3-5,8,15,20H,6-7,9-14,16H2,1-2H3,(H,23,24,25). The molecule has 150 valence electrons. The van der Waals surface area contributed by atoms with E-state index in [2.05, 4.69) is 52.1 Å². The van der Waals surface area contributed by atoms with E-state index in [1.54, 1.807) is 0 Å². The summed E-state index contributed by atoms with van der Waals surface area (Å²) in [5.41, 5.74) is 4.19. The Morgan fingerprint density at radius 1 is 1.07 bits per heavy atom. The maximum atomic E-state index is 5.42. The molecule has 6 nitrogen and oxygen atoms in total. The molecule has 1 aromatic heterocycles. The zero-order chi connectivity index (χ0) is 19.3. The van der Waals surface area contributed by atoms with Crippen LogP contribution in [0.15, 0.2) is 30.5 Å². The van der Waals surface area contributed by atoms with Crippen molar-refractivity contribution < 1.29 is 4.74 Å². The number of nitrogens with zero attached hydrogens (tertiary/aromatic N) is 4. The van der Waals surface area contributed by atoms with Gasteiger partial charge in [-0.1, -0.05) is 23.8 Å². The Bertz CT molecular complexity index is 782. The number of anilines is 2. The van der Waals surface area contributed by atoms with Gasteiger partial charge in [0.15, 0.2) is 0 Å². The molecule has 0 atom stereocenters. The second-order valence-corrected chi connectivity index (χ2v) is 7.97. The summed E-state index contributed by atoms with van der Waals surface area (Å²) in [4.78, 5) is 13.9. The van der Waals surface area contributed by atoms with Crippen molar-refractivity contribution in [2.45, 2.75) is 39.3 Å². The number of rotatable bonds is 5. The van der Waals surface area contributed by atoms with Crippen LogP contribution in [0.3, 0.4) is 0 Å². The van der Waals surface area contributed by atoms with Crippen LogP contribution in [0.5, 0.6) is 0 Å². The number of aryl methyl sites for hydroxylation is 2. The minimum absolute atomic E-state index is 0.474. The van der Waals surface area contributed by atoms with Gasteiger partial charge in [0, 0.05) is 45.0 Å². The minimum Gasteiger partial charge on any atom is -0.378 e. The van der Waals surface area contributed by atoms with Crippen LogP contribution < -0.4 is 10.2 Å². The fourth-order valence-corrected chi connectivity index (χ4v) is 4.00. The van der Waals surface area contributed by atoms with Gasteiger partial charge in [0.05, 0.1) is 13.2 Å². The average Bonchev–Trinajstić information content (AvgIpc) is 2.73. The number of aromatic nitrogens is 2. The van der Waals surface area contributed by atoms with Crippen LogP contribution in [0.1, 0.15) is 29.5 Å². The number of nitrogens with one attached hydrogen (secondary N) is 1. The molecule has 3 heterocycles. The summed E-state index contributed by atoms with van der Waals surface area (Å²) in [7, 11) is 0. The molecule has 0 saturated carbocycles. The Morgan fingerprint density at radius 2 is 1.86 bits per heavy atom. The molecule has 0 aliphatic carbocycles. The quantitative estimate of drug-likeness (QED) is 0.859. The molecule has 0 spiro atoms. The van der Waals surface area contributed by atoms with E-state index in [-0.39, 0.29) is 0 Å². The van der Waals surface area contributed by atoms with Crippen LogP contribution in [-0.2, 0) is 11.3 Å². The second kappa shape index (κ2) is 8.88. The Balaban J connectivity index is 1.30. The number of ether oxygens (including phenoxy) is 1. The number of piperidine rings is 1. The topological polar surface area (TPSA) is 53.5 Å². The number of benzene rings is 1. The molecule has 0 bridgehead atoms. The molecule has 1 N–H and O–H groups in total. The highest BCUT2D eigenvalue weighted by molar-refractivity contribution is 5.42. The lowest BCUT2D eigenvalue weighted by Crippen LogP contribution is -2.39. The van der Waals surface area contributed by atoms with Crippen molar-refractivity contribution in [3.8, 4) is 0 Å². The first-order valence-electron chi connectivity index (χ1n) is 10.4. The van der Waals surface area contributed by atoms with E-state index in [0.717, 1.165) is 70.5 Å². The smallest absolute Gasteiger partial charge is 0.227 e. The minimum atomic E-state index is 0.474. The monoisotopic (exact) mass is 381 g/mol. The van der Waals surface area contributed by atoms with Gasteiger partial charge < -0.3 is 15.0 Å². The van der Waals surface area contributed by atoms with E-state index in [1.807, 2.05) is 12.3 Å². The number of likely N-dealkylation sites (tertiary alicyclic amines) is 1. The fourth-order valence-electron chi connectivity index (χ4n) is 4.00. The van der Waals surface area contributed by atoms with Gasteiger partial charge in [-0.2, -0.15) is 4.98 Å². The Hall–Kier alpha value is -2.18. The van der Waals surface area contributed by atoms with E-state index < -0.39 is 0 Å². The van der Waals surface area contributed by atoms with Gasteiger partial charge in [0.25, 0.3) is 0 Å². The van der Waals surface area contributed by atoms with Crippen LogP contribution in [-0.4, -0.2) is 60.3 Å². The molecule has 6 heteroatoms. The molecule has 2 saturated heterocycles. The zero-order valence-electron chi connectivity index (χ0n) is 17.0. The molecule has 0 radical (unpaired) electrons. The fraction of sp³-hybridized carbons (Fsp3) is 0.545. The number of hydrogen-bond donors (Lipinski definition) is 1. The van der Waals surface area contributed by atoms with Gasteiger partial charge in [-0.05, 0) is 43.9 Å². The molecular weight excluding hydrogens is 350 g/mol. The Morgan fingerprint density at radius 3 is 2.64 bits per heavy atom. The Kier molecular flexibility index (Phi) is 6.07. The first-order valence-corrected chi connectivity index (χ1v) is 10.4. The van der Waals surface area contributed by atoms with Crippen molar-refractivity contribution in [2.24, 2.45) is 0 Å². The van der Waals surface area contributed by atoms with Gasteiger partial charge in [0.1, 0.15) is 5.82 Å². The summed E-state index contributed by atoms with van der Waals surface area (Å²) in [5.74, 6) is 1.74. The van der Waals surface area contributed by atoms with Crippen LogP contribution in [0, 0.1) is 13.8 Å². The summed E-state index contributed by atoms with van der Waals surface area (Å²) >= 11 is 0. The highest BCUT2D eigenvalue weighted by Gasteiger charge is 2.21. The highest BCUT2D eigenvalue weighted by Crippen LogP contribution is 2.20. The first kappa shape index (κ1) is 19.2. The Labute approximate surface area is 167 Å². The van der Waals surface area contributed by atoms with E-state index >= 15 is 0 Å². The summed E-state index contributed by atoms with van der Waals surface area (Å²) in [5, 5.41) is 3.63. The number of hydrogen-bond acceptors (Lipinski definition) is 6. The van der Waals surface area contributed by atoms with Crippen LogP contribution >= 0.6 is 0 Å². The maximum absolute atomic E-state index is 5.42. The third-order valence-corrected chi connectivity index (χ3v) is 5.77. The van der Waals surface area contributed by atoms with Gasteiger partial charge in [-0.3, -0.25) is 4.90 Å². The molecule has 28 heavy (non-hydrogen) atoms. The van der Waals surface area contributed by atoms with E-state index in [0.29, 0.717) is 6.04 Å². The van der Waals surface area contributed by atoms with Crippen molar-refractivity contribution in [1.29, 1.82) is 0 Å². The van der Waals surface area contributed by atoms with Crippen molar-refractivity contribution in [3.05, 3.63) is 47.2 Å². The molecular formula is C22H31N5O. The molecule has 2 aliphatic heterocycles. The number of morpholine rings is 1. The van der Waals surface area contributed by atoms with E-state index in [4.69, 9.17) is 9.72 Å². The third-order valence-electron chi connectivity index (χ3n) is 5.77. The lowest BCUT2D eigenvalue weighted by molar-refractivity contribution is 0.122. The normalized spacial score (nSPS) is 19.0. The first-order chi connectivity index (χ1) is 13.7. The van der Waals surface area contributed by atoms with Gasteiger partial charge >= 0.3 is 0 Å². The van der Waals surface area contributed by atoms with Crippen LogP contribution in [0.2, 0.25) is 0 Å². The van der Waals surface area contributed by atoms with Gasteiger partial charge in [-0.25, -0.2) is 4.98 Å². The lowest BCUT2D eigenvalue weighted by atomic mass is 10.0. The predicted octanol–water partition coefficient (Wildman–Crippen LogP) is 3.01. The molecule has 2 aromatic rings. The molecule has 2 fully saturated rings. The summed E-state index contributed by atoms with van der Waals surface area (Å²) in [6, 6.07) is 9.21. The van der Waals surface area contributed by atoms with Crippen molar-refractivity contribution in [1.82, 2.24) is 14.9 Å². The highest BCUT2D eigenvalue weighted by atomic mass is 16.5. The molecule has 1 aromatic carbocycles. The average molecular weight is 382 g/mol. The second-order valence-electron chi connectivity index (χ2n) is 7.97. The van der Waals surface area contributed by atoms with Gasteiger partial charge in [0.2, 0.25) is 5.95 Å². The molecule has 0 amide bonds. The van der Waals surface area contributed by atoms with Crippen molar-refractivity contribution in [3.63, 3.8) is 0 Å². The summed E-state index contributed by atoms with van der Waals surface area (Å²) < 4.78 is 5.42. The maximum Gasteiger partial charge on any atom is 0.227 e. The molecule has 2 aliphatic rings. The third kappa shape index (κ3) is 4.80. The summed E-state index contributed by atoms with van der Waals surface area (Å²) in [6.45, 7) is 10.9. The molecule has 4 rings (SSSR count). The van der Waals surface area contributed by atoms with Crippen molar-refractivity contribution >= 4 is 11.8 Å². The van der Waals surface area contributed by atoms with Crippen LogP contribution in [0.25, 0.3) is 0 Å². The lowest BCUT2D eigenvalue weighted by Gasteiger charge is -2.33.